The lowest BCUT2D eigenvalue weighted by Gasteiger charge is -2.31. The molecular formula is C24H33NO2. The first-order valence-corrected chi connectivity index (χ1v) is 9.81. The molecular weight excluding hydrogens is 334 g/mol. The minimum Gasteiger partial charge on any atom is -0.489 e. The van der Waals surface area contributed by atoms with Gasteiger partial charge in [-0.25, -0.2) is 0 Å². The highest BCUT2D eigenvalue weighted by Gasteiger charge is 2.16. The summed E-state index contributed by atoms with van der Waals surface area (Å²) in [7, 11) is 0. The fourth-order valence-corrected chi connectivity index (χ4v) is 3.32. The summed E-state index contributed by atoms with van der Waals surface area (Å²) < 4.78 is 12.0. The van der Waals surface area contributed by atoms with Crippen molar-refractivity contribution in [2.75, 3.05) is 13.2 Å². The molecule has 0 aliphatic carbocycles. The third kappa shape index (κ3) is 6.53. The van der Waals surface area contributed by atoms with Crippen molar-refractivity contribution in [3.05, 3.63) is 77.9 Å². The van der Waals surface area contributed by atoms with Crippen LogP contribution in [0.3, 0.4) is 0 Å². The smallest absolute Gasteiger partial charge is 0.123 e. The van der Waals surface area contributed by atoms with Crippen LogP contribution in [0.2, 0.25) is 0 Å². The molecule has 0 saturated heterocycles. The quantitative estimate of drug-likeness (QED) is 0.390. The zero-order chi connectivity index (χ0) is 19.6. The highest BCUT2D eigenvalue weighted by molar-refractivity contribution is 5.40. The maximum atomic E-state index is 6.14. The van der Waals surface area contributed by atoms with Crippen LogP contribution >= 0.6 is 0 Å². The van der Waals surface area contributed by atoms with Gasteiger partial charge in [0.2, 0.25) is 0 Å². The monoisotopic (exact) mass is 367 g/mol. The van der Waals surface area contributed by atoms with Crippen molar-refractivity contribution >= 4 is 0 Å². The van der Waals surface area contributed by atoms with E-state index < -0.39 is 0 Å². The molecule has 146 valence electrons. The first kappa shape index (κ1) is 21.2. The van der Waals surface area contributed by atoms with Crippen LogP contribution in [0.5, 0.6) is 5.75 Å². The van der Waals surface area contributed by atoms with Gasteiger partial charge in [0, 0.05) is 12.5 Å². The highest BCUT2D eigenvalue weighted by Crippen LogP contribution is 2.24. The maximum Gasteiger partial charge on any atom is 0.123 e. The summed E-state index contributed by atoms with van der Waals surface area (Å²) in [6.07, 6.45) is 2.70. The molecule has 1 unspecified atom stereocenters. The number of ether oxygens (including phenoxy) is 2. The number of nitrogens with zero attached hydrogens (tertiary/aromatic N) is 1. The molecule has 0 radical (unpaired) electrons. The predicted molar refractivity (Wildman–Crippen MR) is 113 cm³/mol. The van der Waals surface area contributed by atoms with Crippen LogP contribution in [0.25, 0.3) is 0 Å². The van der Waals surface area contributed by atoms with E-state index in [0.29, 0.717) is 19.3 Å². The molecule has 2 aromatic carbocycles. The Balaban J connectivity index is 2.13. The second-order valence-corrected chi connectivity index (χ2v) is 7.04. The molecule has 0 aliphatic heterocycles. The van der Waals surface area contributed by atoms with Crippen LogP contribution < -0.4 is 4.74 Å². The Hall–Kier alpha value is -2.10. The van der Waals surface area contributed by atoms with E-state index in [9.17, 15) is 0 Å². The second kappa shape index (κ2) is 10.9. The Bertz CT molecular complexity index is 697. The van der Waals surface area contributed by atoms with Crippen LogP contribution in [0.15, 0.2) is 61.2 Å². The van der Waals surface area contributed by atoms with Crippen LogP contribution in [0.4, 0.5) is 0 Å². The van der Waals surface area contributed by atoms with Gasteiger partial charge in [-0.3, -0.25) is 4.90 Å². The maximum absolute atomic E-state index is 6.14. The molecule has 2 aromatic rings. The Morgan fingerprint density at radius 2 is 1.78 bits per heavy atom. The molecule has 0 aliphatic rings. The summed E-state index contributed by atoms with van der Waals surface area (Å²) in [4.78, 5) is 2.34. The van der Waals surface area contributed by atoms with E-state index in [4.69, 9.17) is 9.47 Å². The van der Waals surface area contributed by atoms with Gasteiger partial charge >= 0.3 is 0 Å². The zero-order valence-electron chi connectivity index (χ0n) is 17.2. The van der Waals surface area contributed by atoms with E-state index in [1.807, 2.05) is 12.1 Å². The standard InChI is InChI=1S/C24H33NO2/c1-6-15-26-24-14-13-22(18-27-20(5)25(7-2)19(3)4)17-23(24)16-21-11-9-8-10-12-21/h6,8-14,17,19-20H,1,7,15-16,18H2,2-5H3. The number of hydrogen-bond acceptors (Lipinski definition) is 3. The van der Waals surface area contributed by atoms with Crippen molar-refractivity contribution in [3.63, 3.8) is 0 Å². The molecule has 3 nitrogen and oxygen atoms in total. The molecule has 1 atom stereocenters. The highest BCUT2D eigenvalue weighted by atomic mass is 16.5. The fraction of sp³-hybridized carbons (Fsp3) is 0.417. The summed E-state index contributed by atoms with van der Waals surface area (Å²) in [5.41, 5.74) is 3.61. The number of hydrogen-bond donors (Lipinski definition) is 0. The van der Waals surface area contributed by atoms with Crippen molar-refractivity contribution in [1.82, 2.24) is 4.90 Å². The van der Waals surface area contributed by atoms with E-state index in [2.05, 4.69) is 75.6 Å². The van der Waals surface area contributed by atoms with Gasteiger partial charge in [0.05, 0.1) is 6.61 Å². The van der Waals surface area contributed by atoms with Gasteiger partial charge in [-0.2, -0.15) is 0 Å². The Kier molecular flexibility index (Phi) is 8.56. The average molecular weight is 368 g/mol. The van der Waals surface area contributed by atoms with Crippen molar-refractivity contribution in [3.8, 4) is 5.75 Å². The predicted octanol–water partition coefficient (Wildman–Crippen LogP) is 5.44. The lowest BCUT2D eigenvalue weighted by Crippen LogP contribution is -2.40. The minimum atomic E-state index is 0.0873. The Labute approximate surface area is 164 Å². The van der Waals surface area contributed by atoms with Gasteiger partial charge in [-0.05, 0) is 56.1 Å². The molecule has 0 aromatic heterocycles. The molecule has 0 heterocycles. The summed E-state index contributed by atoms with van der Waals surface area (Å²) >= 11 is 0. The SMILES string of the molecule is C=CCOc1ccc(COC(C)N(CC)C(C)C)cc1Cc1ccccc1. The van der Waals surface area contributed by atoms with Crippen LogP contribution in [-0.4, -0.2) is 30.3 Å². The van der Waals surface area contributed by atoms with E-state index in [1.165, 1.54) is 16.7 Å². The van der Waals surface area contributed by atoms with E-state index in [0.717, 1.165) is 18.7 Å². The molecule has 27 heavy (non-hydrogen) atoms. The second-order valence-electron chi connectivity index (χ2n) is 7.04. The van der Waals surface area contributed by atoms with Gasteiger partial charge in [-0.15, -0.1) is 0 Å². The molecule has 0 spiro atoms. The van der Waals surface area contributed by atoms with Gasteiger partial charge < -0.3 is 9.47 Å². The van der Waals surface area contributed by atoms with E-state index in [1.54, 1.807) is 6.08 Å². The van der Waals surface area contributed by atoms with Crippen molar-refractivity contribution in [2.45, 2.75) is 53.0 Å². The molecule has 0 N–H and O–H groups in total. The van der Waals surface area contributed by atoms with Crippen molar-refractivity contribution < 1.29 is 9.47 Å². The number of rotatable bonds is 11. The topological polar surface area (TPSA) is 21.7 Å². The molecule has 0 bridgehead atoms. The van der Waals surface area contributed by atoms with Crippen LogP contribution in [-0.2, 0) is 17.8 Å². The summed E-state index contributed by atoms with van der Waals surface area (Å²) in [5.74, 6) is 0.910. The average Bonchev–Trinajstić information content (AvgIpc) is 2.66. The van der Waals surface area contributed by atoms with Crippen LogP contribution in [0.1, 0.15) is 44.4 Å². The third-order valence-electron chi connectivity index (χ3n) is 4.71. The summed E-state index contributed by atoms with van der Waals surface area (Å²) in [6, 6.07) is 17.3. The zero-order valence-corrected chi connectivity index (χ0v) is 17.2. The molecule has 0 fully saturated rings. The van der Waals surface area contributed by atoms with Gasteiger partial charge in [0.15, 0.2) is 0 Å². The summed E-state index contributed by atoms with van der Waals surface area (Å²) in [5, 5.41) is 0. The number of benzene rings is 2. The van der Waals surface area contributed by atoms with Gasteiger partial charge in [0.25, 0.3) is 0 Å². The molecule has 0 amide bonds. The van der Waals surface area contributed by atoms with Crippen LogP contribution in [0, 0.1) is 0 Å². The summed E-state index contributed by atoms with van der Waals surface area (Å²) in [6.45, 7) is 14.5. The lowest BCUT2D eigenvalue weighted by atomic mass is 10.0. The molecule has 3 heteroatoms. The van der Waals surface area contributed by atoms with Crippen molar-refractivity contribution in [1.29, 1.82) is 0 Å². The normalized spacial score (nSPS) is 12.4. The first-order valence-electron chi connectivity index (χ1n) is 9.81. The largest absolute Gasteiger partial charge is 0.489 e. The fourth-order valence-electron chi connectivity index (χ4n) is 3.32. The van der Waals surface area contributed by atoms with E-state index >= 15 is 0 Å². The van der Waals surface area contributed by atoms with Gasteiger partial charge in [0.1, 0.15) is 18.6 Å². The lowest BCUT2D eigenvalue weighted by molar-refractivity contribution is -0.0677. The Morgan fingerprint density at radius 1 is 1.04 bits per heavy atom. The first-order chi connectivity index (χ1) is 13.0. The Morgan fingerprint density at radius 3 is 2.41 bits per heavy atom. The third-order valence-corrected chi connectivity index (χ3v) is 4.71. The minimum absolute atomic E-state index is 0.0873. The van der Waals surface area contributed by atoms with Crippen molar-refractivity contribution in [2.24, 2.45) is 0 Å². The molecule has 0 saturated carbocycles. The van der Waals surface area contributed by atoms with E-state index in [-0.39, 0.29) is 6.23 Å². The van der Waals surface area contributed by atoms with Gasteiger partial charge in [-0.1, -0.05) is 56.0 Å². The molecule has 2 rings (SSSR count).